The fourth-order valence-corrected chi connectivity index (χ4v) is 5.86. The molecule has 0 radical (unpaired) electrons. The van der Waals surface area contributed by atoms with Gasteiger partial charge in [-0.05, 0) is 62.3 Å². The fourth-order valence-electron chi connectivity index (χ4n) is 4.17. The van der Waals surface area contributed by atoms with E-state index >= 15 is 0 Å². The molecule has 1 aromatic carbocycles. The quantitative estimate of drug-likeness (QED) is 0.847. The highest BCUT2D eigenvalue weighted by Gasteiger charge is 2.34. The summed E-state index contributed by atoms with van der Waals surface area (Å²) in [6, 6.07) is 4.32. The Balaban J connectivity index is 1.59. The third kappa shape index (κ3) is 3.70. The Morgan fingerprint density at radius 1 is 1.32 bits per heavy atom. The van der Waals surface area contributed by atoms with Gasteiger partial charge in [-0.25, -0.2) is 12.8 Å². The highest BCUT2D eigenvalue weighted by atomic mass is 32.2. The van der Waals surface area contributed by atoms with Gasteiger partial charge in [-0.2, -0.15) is 5.10 Å². The zero-order valence-electron chi connectivity index (χ0n) is 15.9. The van der Waals surface area contributed by atoms with E-state index in [0.29, 0.717) is 12.1 Å². The van der Waals surface area contributed by atoms with Gasteiger partial charge in [0.2, 0.25) is 0 Å². The molecule has 0 saturated carbocycles. The van der Waals surface area contributed by atoms with Gasteiger partial charge in [-0.3, -0.25) is 9.48 Å². The maximum absolute atomic E-state index is 13.5. The Morgan fingerprint density at radius 2 is 2.11 bits per heavy atom. The van der Waals surface area contributed by atoms with Crippen LogP contribution in [-0.2, 0) is 29.2 Å². The van der Waals surface area contributed by atoms with Gasteiger partial charge in [0.1, 0.15) is 5.82 Å². The molecule has 0 spiro atoms. The maximum atomic E-state index is 13.5. The third-order valence-corrected chi connectivity index (χ3v) is 7.48. The van der Waals surface area contributed by atoms with Gasteiger partial charge in [0.05, 0.1) is 17.5 Å². The number of hydrogen-bond donors (Lipinski definition) is 1. The summed E-state index contributed by atoms with van der Waals surface area (Å²) >= 11 is 0. The number of rotatable bonds is 4. The molecule has 150 valence electrons. The van der Waals surface area contributed by atoms with Gasteiger partial charge in [0.25, 0.3) is 5.91 Å². The zero-order valence-corrected chi connectivity index (χ0v) is 16.7. The van der Waals surface area contributed by atoms with Gasteiger partial charge >= 0.3 is 0 Å². The average Bonchev–Trinajstić information content (AvgIpc) is 3.22. The van der Waals surface area contributed by atoms with Crippen molar-refractivity contribution < 1.29 is 17.6 Å². The third-order valence-electron chi connectivity index (χ3n) is 5.73. The van der Waals surface area contributed by atoms with E-state index in [9.17, 15) is 17.6 Å². The highest BCUT2D eigenvalue weighted by Crippen LogP contribution is 2.31. The number of halogens is 1. The lowest BCUT2D eigenvalue weighted by molar-refractivity contribution is 0.0943. The summed E-state index contributed by atoms with van der Waals surface area (Å²) in [7, 11) is -3.03. The molecule has 2 heterocycles. The number of nitrogens with zero attached hydrogens (tertiary/aromatic N) is 2. The van der Waals surface area contributed by atoms with Gasteiger partial charge in [-0.15, -0.1) is 0 Å². The first-order valence-electron chi connectivity index (χ1n) is 9.68. The number of aromatic nitrogens is 2. The number of carbonyl (C=O) groups excluding carboxylic acids is 1. The van der Waals surface area contributed by atoms with Crippen LogP contribution in [0.4, 0.5) is 4.39 Å². The van der Waals surface area contributed by atoms with E-state index in [0.717, 1.165) is 48.1 Å². The van der Waals surface area contributed by atoms with Gasteiger partial charge in [0, 0.05) is 17.8 Å². The Morgan fingerprint density at radius 3 is 2.86 bits per heavy atom. The van der Waals surface area contributed by atoms with E-state index in [1.807, 2.05) is 6.92 Å². The summed E-state index contributed by atoms with van der Waals surface area (Å²) in [5, 5.41) is 7.41. The molecule has 1 aliphatic carbocycles. The van der Waals surface area contributed by atoms with Crippen molar-refractivity contribution in [1.82, 2.24) is 15.1 Å². The molecular weight excluding hydrogens is 381 g/mol. The van der Waals surface area contributed by atoms with Crippen LogP contribution in [0.2, 0.25) is 0 Å². The topological polar surface area (TPSA) is 81.1 Å². The Labute approximate surface area is 164 Å². The molecule has 1 amide bonds. The standard InChI is InChI=1S/C20H24FN3O3S/c1-13-6-7-15(21)10-14(13)11-22-20(25)19-17-4-2-3-5-18(17)24(23-19)16-8-9-28(26,27)12-16/h6-7,10,16H,2-5,8-9,11-12H2,1H3,(H,22,25)/t16-/m0/s1. The number of sulfone groups is 1. The van der Waals surface area contributed by atoms with Crippen LogP contribution in [0.3, 0.4) is 0 Å². The van der Waals surface area contributed by atoms with E-state index < -0.39 is 9.84 Å². The second-order valence-electron chi connectivity index (χ2n) is 7.74. The first-order chi connectivity index (χ1) is 13.3. The minimum atomic E-state index is -3.03. The normalized spacial score (nSPS) is 20.7. The SMILES string of the molecule is Cc1ccc(F)cc1CNC(=O)c1nn([C@H]2CCS(=O)(=O)C2)c2c1CCCC2. The van der Waals surface area contributed by atoms with Crippen molar-refractivity contribution in [2.75, 3.05) is 11.5 Å². The predicted molar refractivity (Wildman–Crippen MR) is 103 cm³/mol. The van der Waals surface area contributed by atoms with Crippen molar-refractivity contribution in [1.29, 1.82) is 0 Å². The summed E-state index contributed by atoms with van der Waals surface area (Å²) in [6.45, 7) is 2.10. The van der Waals surface area contributed by atoms with Gasteiger partial charge in [-0.1, -0.05) is 6.07 Å². The van der Waals surface area contributed by atoms with Crippen LogP contribution in [0.1, 0.15) is 58.2 Å². The number of aryl methyl sites for hydroxylation is 1. The lowest BCUT2D eigenvalue weighted by atomic mass is 9.95. The second-order valence-corrected chi connectivity index (χ2v) is 9.96. The molecule has 4 rings (SSSR count). The smallest absolute Gasteiger partial charge is 0.272 e. The van der Waals surface area contributed by atoms with Crippen molar-refractivity contribution >= 4 is 15.7 Å². The molecule has 0 bridgehead atoms. The average molecular weight is 405 g/mol. The van der Waals surface area contributed by atoms with Crippen LogP contribution in [0.5, 0.6) is 0 Å². The van der Waals surface area contributed by atoms with Crippen molar-refractivity contribution in [2.45, 2.75) is 51.6 Å². The fraction of sp³-hybridized carbons (Fsp3) is 0.500. The van der Waals surface area contributed by atoms with Gasteiger partial charge < -0.3 is 5.32 Å². The van der Waals surface area contributed by atoms with Crippen LogP contribution >= 0.6 is 0 Å². The largest absolute Gasteiger partial charge is 0.347 e. The molecule has 1 fully saturated rings. The Bertz CT molecular complexity index is 1030. The van der Waals surface area contributed by atoms with Crippen molar-refractivity contribution in [3.63, 3.8) is 0 Å². The summed E-state index contributed by atoms with van der Waals surface area (Å²) in [6.07, 6.45) is 4.14. The molecule has 1 aliphatic heterocycles. The summed E-state index contributed by atoms with van der Waals surface area (Å²) in [5.41, 5.74) is 3.95. The van der Waals surface area contributed by atoms with Crippen LogP contribution in [0.25, 0.3) is 0 Å². The maximum Gasteiger partial charge on any atom is 0.272 e. The molecule has 0 unspecified atom stereocenters. The summed E-state index contributed by atoms with van der Waals surface area (Å²) in [4.78, 5) is 12.8. The molecule has 1 atom stereocenters. The first-order valence-corrected chi connectivity index (χ1v) is 11.5. The minimum absolute atomic E-state index is 0.0880. The number of benzene rings is 1. The second kappa shape index (κ2) is 7.31. The van der Waals surface area contributed by atoms with Crippen LogP contribution in [0, 0.1) is 12.7 Å². The van der Waals surface area contributed by atoms with E-state index in [4.69, 9.17) is 0 Å². The summed E-state index contributed by atoms with van der Waals surface area (Å²) < 4.78 is 39.1. The van der Waals surface area contributed by atoms with Crippen LogP contribution in [0.15, 0.2) is 18.2 Å². The predicted octanol–water partition coefficient (Wildman–Crippen LogP) is 2.50. The molecule has 8 heteroatoms. The Kier molecular flexibility index (Phi) is 4.99. The van der Waals surface area contributed by atoms with Crippen molar-refractivity contribution in [2.24, 2.45) is 0 Å². The monoisotopic (exact) mass is 405 g/mol. The molecule has 1 saturated heterocycles. The number of fused-ring (bicyclic) bond motifs is 1. The van der Waals surface area contributed by atoms with Crippen LogP contribution < -0.4 is 5.32 Å². The van der Waals surface area contributed by atoms with E-state index in [2.05, 4.69) is 10.4 Å². The molecule has 1 aromatic heterocycles. The zero-order chi connectivity index (χ0) is 19.9. The van der Waals surface area contributed by atoms with Crippen molar-refractivity contribution in [3.05, 3.63) is 52.1 Å². The molecule has 2 aliphatic rings. The number of carbonyl (C=O) groups is 1. The number of amides is 1. The molecule has 6 nitrogen and oxygen atoms in total. The minimum Gasteiger partial charge on any atom is -0.347 e. The van der Waals surface area contributed by atoms with Gasteiger partial charge in [0.15, 0.2) is 15.5 Å². The molecule has 2 aromatic rings. The highest BCUT2D eigenvalue weighted by molar-refractivity contribution is 7.91. The lowest BCUT2D eigenvalue weighted by Gasteiger charge is -2.17. The lowest BCUT2D eigenvalue weighted by Crippen LogP contribution is -2.25. The van der Waals surface area contributed by atoms with Crippen LogP contribution in [-0.4, -0.2) is 35.6 Å². The van der Waals surface area contributed by atoms with Crippen molar-refractivity contribution in [3.8, 4) is 0 Å². The van der Waals surface area contributed by atoms with E-state index in [1.165, 1.54) is 12.1 Å². The molecular formula is C20H24FN3O3S. The molecule has 1 N–H and O–H groups in total. The van der Waals surface area contributed by atoms with E-state index in [1.54, 1.807) is 10.7 Å². The molecule has 28 heavy (non-hydrogen) atoms. The Hall–Kier alpha value is -2.22. The number of nitrogens with one attached hydrogen (secondary N) is 1. The first kappa shape index (κ1) is 19.1. The summed E-state index contributed by atoms with van der Waals surface area (Å²) in [5.74, 6) is -0.363. The van der Waals surface area contributed by atoms with E-state index in [-0.39, 0.29) is 35.8 Å². The number of hydrogen-bond acceptors (Lipinski definition) is 4.